The zero-order valence-electron chi connectivity index (χ0n) is 16.9. The summed E-state index contributed by atoms with van der Waals surface area (Å²) in [6.07, 6.45) is 6.72. The highest BCUT2D eigenvalue weighted by molar-refractivity contribution is 5.94. The van der Waals surface area contributed by atoms with Gasteiger partial charge in [0.05, 0.1) is 0 Å². The fourth-order valence-electron chi connectivity index (χ4n) is 3.98. The van der Waals surface area contributed by atoms with Gasteiger partial charge in [0.25, 0.3) is 5.91 Å². The molecular formula is C22H26N6O2. The molecule has 4 N–H and O–H groups in total. The molecule has 0 atom stereocenters. The molecule has 1 aliphatic rings. The third-order valence-electron chi connectivity index (χ3n) is 5.66. The molecule has 0 saturated heterocycles. The molecule has 1 fully saturated rings. The Balaban J connectivity index is 1.73. The van der Waals surface area contributed by atoms with Crippen molar-refractivity contribution in [2.75, 3.05) is 13.6 Å². The van der Waals surface area contributed by atoms with Crippen LogP contribution in [-0.4, -0.2) is 41.6 Å². The van der Waals surface area contributed by atoms with E-state index in [4.69, 9.17) is 5.26 Å². The summed E-state index contributed by atoms with van der Waals surface area (Å²) < 4.78 is 0. The summed E-state index contributed by atoms with van der Waals surface area (Å²) in [6, 6.07) is 13.4. The Labute approximate surface area is 176 Å². The van der Waals surface area contributed by atoms with E-state index in [-0.39, 0.29) is 28.8 Å². The van der Waals surface area contributed by atoms with Gasteiger partial charge in [0, 0.05) is 31.2 Å². The summed E-state index contributed by atoms with van der Waals surface area (Å²) in [7, 11) is 1.73. The Bertz CT molecular complexity index is 930. The lowest BCUT2D eigenvalue weighted by atomic mass is 9.68. The lowest BCUT2D eigenvalue weighted by Crippen LogP contribution is -2.49. The monoisotopic (exact) mass is 406 g/mol. The standard InChI is InChI=1S/C22H26N6O2/c1-24-21(27-15-23)28-17-9-11-22(12-10-17,16-6-3-2-4-7-16)14-26-20(30)19-18(29)8-5-13-25-19/h2-8,13,17,29H,9-12,14H2,1H3,(H,26,30)(H2,24,27,28). The van der Waals surface area contributed by atoms with E-state index < -0.39 is 0 Å². The summed E-state index contributed by atoms with van der Waals surface area (Å²) in [5.74, 6) is -0.0519. The second kappa shape index (κ2) is 9.74. The molecule has 0 unspecified atom stereocenters. The summed E-state index contributed by atoms with van der Waals surface area (Å²) in [5.41, 5.74) is 0.988. The van der Waals surface area contributed by atoms with E-state index in [1.807, 2.05) is 18.2 Å². The molecular weight excluding hydrogens is 380 g/mol. The summed E-state index contributed by atoms with van der Waals surface area (Å²) >= 11 is 0. The molecule has 8 nitrogen and oxygen atoms in total. The van der Waals surface area contributed by atoms with Crippen LogP contribution in [0.3, 0.4) is 0 Å². The maximum atomic E-state index is 12.6. The number of aromatic nitrogens is 1. The number of pyridine rings is 1. The Morgan fingerprint density at radius 1 is 1.27 bits per heavy atom. The van der Waals surface area contributed by atoms with Crippen LogP contribution in [0.2, 0.25) is 0 Å². The molecule has 30 heavy (non-hydrogen) atoms. The third-order valence-corrected chi connectivity index (χ3v) is 5.66. The van der Waals surface area contributed by atoms with Gasteiger partial charge in [0.2, 0.25) is 12.2 Å². The molecule has 8 heteroatoms. The molecule has 1 aromatic carbocycles. The lowest BCUT2D eigenvalue weighted by molar-refractivity contribution is 0.0927. The highest BCUT2D eigenvalue weighted by atomic mass is 16.3. The van der Waals surface area contributed by atoms with Crippen molar-refractivity contribution in [3.63, 3.8) is 0 Å². The number of amides is 1. The van der Waals surface area contributed by atoms with Gasteiger partial charge in [-0.3, -0.25) is 4.79 Å². The van der Waals surface area contributed by atoms with Crippen LogP contribution in [0.25, 0.3) is 0 Å². The normalized spacial score (nSPS) is 21.3. The first kappa shape index (κ1) is 21.1. The maximum Gasteiger partial charge on any atom is 0.273 e. The molecule has 1 aromatic heterocycles. The highest BCUT2D eigenvalue weighted by Gasteiger charge is 2.37. The lowest BCUT2D eigenvalue weighted by Gasteiger charge is -2.41. The van der Waals surface area contributed by atoms with Crippen molar-refractivity contribution in [3.05, 3.63) is 59.9 Å². The zero-order valence-corrected chi connectivity index (χ0v) is 16.9. The Morgan fingerprint density at radius 3 is 2.63 bits per heavy atom. The van der Waals surface area contributed by atoms with E-state index in [2.05, 4.69) is 38.1 Å². The van der Waals surface area contributed by atoms with E-state index in [1.165, 1.54) is 17.8 Å². The van der Waals surface area contributed by atoms with Gasteiger partial charge in [0.15, 0.2) is 5.69 Å². The Kier molecular flexibility index (Phi) is 6.86. The van der Waals surface area contributed by atoms with E-state index >= 15 is 0 Å². The van der Waals surface area contributed by atoms with Crippen molar-refractivity contribution in [1.82, 2.24) is 20.9 Å². The van der Waals surface area contributed by atoms with Gasteiger partial charge < -0.3 is 21.1 Å². The second-order valence-electron chi connectivity index (χ2n) is 7.43. The predicted molar refractivity (Wildman–Crippen MR) is 114 cm³/mol. The minimum Gasteiger partial charge on any atom is -0.505 e. The van der Waals surface area contributed by atoms with Gasteiger partial charge >= 0.3 is 0 Å². The van der Waals surface area contributed by atoms with Crippen LogP contribution in [0.15, 0.2) is 53.7 Å². The molecule has 0 aliphatic heterocycles. The first-order valence-electron chi connectivity index (χ1n) is 9.97. The maximum absolute atomic E-state index is 12.6. The molecule has 0 radical (unpaired) electrons. The van der Waals surface area contributed by atoms with Gasteiger partial charge in [-0.1, -0.05) is 30.3 Å². The van der Waals surface area contributed by atoms with Crippen molar-refractivity contribution < 1.29 is 9.90 Å². The number of aromatic hydroxyl groups is 1. The highest BCUT2D eigenvalue weighted by Crippen LogP contribution is 2.39. The summed E-state index contributed by atoms with van der Waals surface area (Å²) in [5, 5.41) is 27.8. The number of hydrogen-bond donors (Lipinski definition) is 4. The zero-order chi connectivity index (χ0) is 21.4. The van der Waals surface area contributed by atoms with Gasteiger partial charge in [-0.25, -0.2) is 4.98 Å². The average molecular weight is 406 g/mol. The van der Waals surface area contributed by atoms with Gasteiger partial charge in [0.1, 0.15) is 5.75 Å². The summed E-state index contributed by atoms with van der Waals surface area (Å²) in [4.78, 5) is 20.3. The van der Waals surface area contributed by atoms with Gasteiger partial charge in [-0.2, -0.15) is 5.26 Å². The number of guanidine groups is 1. The molecule has 156 valence electrons. The average Bonchev–Trinajstić information content (AvgIpc) is 2.79. The van der Waals surface area contributed by atoms with Crippen molar-refractivity contribution in [3.8, 4) is 11.9 Å². The van der Waals surface area contributed by atoms with E-state index in [9.17, 15) is 9.90 Å². The molecule has 0 spiro atoms. The molecule has 3 rings (SSSR count). The van der Waals surface area contributed by atoms with Crippen molar-refractivity contribution >= 4 is 11.9 Å². The fourth-order valence-corrected chi connectivity index (χ4v) is 3.98. The van der Waals surface area contributed by atoms with E-state index in [0.29, 0.717) is 12.5 Å². The molecule has 2 aromatic rings. The largest absolute Gasteiger partial charge is 0.505 e. The van der Waals surface area contributed by atoms with Crippen LogP contribution in [0.5, 0.6) is 5.75 Å². The van der Waals surface area contributed by atoms with E-state index in [1.54, 1.807) is 19.3 Å². The van der Waals surface area contributed by atoms with E-state index in [0.717, 1.165) is 25.7 Å². The topological polar surface area (TPSA) is 122 Å². The SMILES string of the molecule is CN/C(=N\C#N)NC1CCC(CNC(=O)c2ncccc2O)(c2ccccc2)CC1. The van der Waals surface area contributed by atoms with Crippen LogP contribution < -0.4 is 16.0 Å². The molecule has 1 amide bonds. The number of nitrogens with one attached hydrogen (secondary N) is 3. The quantitative estimate of drug-likeness (QED) is 0.342. The number of carbonyl (C=O) groups excluding carboxylic acids is 1. The number of nitrogens with zero attached hydrogens (tertiary/aromatic N) is 3. The molecule has 1 saturated carbocycles. The third kappa shape index (κ3) is 4.87. The smallest absolute Gasteiger partial charge is 0.273 e. The fraction of sp³-hybridized carbons (Fsp3) is 0.364. The first-order valence-corrected chi connectivity index (χ1v) is 9.97. The van der Waals surface area contributed by atoms with Crippen LogP contribution in [0.1, 0.15) is 41.7 Å². The minimum absolute atomic E-state index is 0.0300. The number of nitriles is 1. The Morgan fingerprint density at radius 2 is 2.00 bits per heavy atom. The van der Waals surface area contributed by atoms with Gasteiger partial charge in [-0.05, 0) is 43.4 Å². The van der Waals surface area contributed by atoms with Crippen molar-refractivity contribution in [2.24, 2.45) is 4.99 Å². The van der Waals surface area contributed by atoms with Gasteiger partial charge in [-0.15, -0.1) is 4.99 Å². The Hall–Kier alpha value is -3.60. The van der Waals surface area contributed by atoms with Crippen LogP contribution in [0.4, 0.5) is 0 Å². The van der Waals surface area contributed by atoms with Crippen molar-refractivity contribution in [2.45, 2.75) is 37.1 Å². The minimum atomic E-state index is -0.387. The summed E-state index contributed by atoms with van der Waals surface area (Å²) in [6.45, 7) is 0.448. The second-order valence-corrected chi connectivity index (χ2v) is 7.43. The predicted octanol–water partition coefficient (Wildman–Crippen LogP) is 2.04. The van der Waals surface area contributed by atoms with Crippen LogP contribution in [-0.2, 0) is 5.41 Å². The molecule has 1 heterocycles. The van der Waals surface area contributed by atoms with Crippen LogP contribution >= 0.6 is 0 Å². The van der Waals surface area contributed by atoms with Crippen LogP contribution in [0, 0.1) is 11.5 Å². The molecule has 0 bridgehead atoms. The molecule has 1 aliphatic carbocycles. The number of hydrogen-bond acceptors (Lipinski definition) is 5. The number of benzene rings is 1. The van der Waals surface area contributed by atoms with Crippen molar-refractivity contribution in [1.29, 1.82) is 5.26 Å². The first-order chi connectivity index (χ1) is 14.6. The number of rotatable bonds is 5. The number of aliphatic imine (C=N–C) groups is 1. The number of carbonyl (C=O) groups is 1.